The first-order chi connectivity index (χ1) is 6.29. The number of hydrogen-bond acceptors (Lipinski definition) is 2. The fraction of sp³-hybridized carbons (Fsp3) is 0.400. The first-order valence-corrected chi connectivity index (χ1v) is 4.21. The summed E-state index contributed by atoms with van der Waals surface area (Å²) in [6.45, 7) is 0.609. The van der Waals surface area contributed by atoms with Crippen molar-refractivity contribution < 1.29 is 9.13 Å². The van der Waals surface area contributed by atoms with Gasteiger partial charge < -0.3 is 10.1 Å². The highest BCUT2D eigenvalue weighted by atomic mass is 19.1. The summed E-state index contributed by atoms with van der Waals surface area (Å²) < 4.78 is 18.4. The third-order valence-electron chi connectivity index (χ3n) is 1.93. The molecule has 2 nitrogen and oxygen atoms in total. The van der Waals surface area contributed by atoms with E-state index in [4.69, 9.17) is 4.74 Å². The lowest BCUT2D eigenvalue weighted by Gasteiger charge is -2.15. The van der Waals surface area contributed by atoms with Gasteiger partial charge in [0.2, 0.25) is 0 Å². The quantitative estimate of drug-likeness (QED) is 0.767. The van der Waals surface area contributed by atoms with Crippen LogP contribution in [0.4, 0.5) is 4.39 Å². The summed E-state index contributed by atoms with van der Waals surface area (Å²) in [7, 11) is 3.39. The number of likely N-dealkylation sites (N-methyl/N-ethyl adjacent to an activating group) is 1. The van der Waals surface area contributed by atoms with E-state index in [0.29, 0.717) is 12.1 Å². The predicted octanol–water partition coefficient (Wildman–Crippen LogP) is 1.73. The molecule has 1 aromatic rings. The lowest BCUT2D eigenvalue weighted by Crippen LogP contribution is -2.19. The van der Waals surface area contributed by atoms with E-state index in [9.17, 15) is 4.39 Å². The third-order valence-corrected chi connectivity index (χ3v) is 1.93. The van der Waals surface area contributed by atoms with E-state index in [1.807, 2.05) is 7.05 Å². The van der Waals surface area contributed by atoms with Gasteiger partial charge in [0, 0.05) is 19.2 Å². The topological polar surface area (TPSA) is 21.3 Å². The van der Waals surface area contributed by atoms with Crippen LogP contribution in [0.1, 0.15) is 11.7 Å². The molecule has 0 amide bonds. The Hall–Kier alpha value is -0.930. The first-order valence-electron chi connectivity index (χ1n) is 4.21. The van der Waals surface area contributed by atoms with Gasteiger partial charge in [-0.05, 0) is 13.1 Å². The van der Waals surface area contributed by atoms with E-state index < -0.39 is 0 Å². The monoisotopic (exact) mass is 183 g/mol. The van der Waals surface area contributed by atoms with Crippen LogP contribution in [0.2, 0.25) is 0 Å². The second kappa shape index (κ2) is 4.94. The molecule has 1 atom stereocenters. The lowest BCUT2D eigenvalue weighted by atomic mass is 10.1. The van der Waals surface area contributed by atoms with Crippen molar-refractivity contribution in [1.29, 1.82) is 0 Å². The van der Waals surface area contributed by atoms with Crippen molar-refractivity contribution in [1.82, 2.24) is 5.32 Å². The van der Waals surface area contributed by atoms with Crippen molar-refractivity contribution in [2.75, 3.05) is 20.7 Å². The molecular formula is C10H14FNO. The molecule has 0 aromatic heterocycles. The van der Waals surface area contributed by atoms with Crippen LogP contribution in [0.15, 0.2) is 24.3 Å². The first kappa shape index (κ1) is 10.2. The molecule has 0 radical (unpaired) electrons. The van der Waals surface area contributed by atoms with E-state index >= 15 is 0 Å². The second-order valence-electron chi connectivity index (χ2n) is 2.80. The Morgan fingerprint density at radius 1 is 1.46 bits per heavy atom. The van der Waals surface area contributed by atoms with Gasteiger partial charge in [-0.3, -0.25) is 0 Å². The minimum absolute atomic E-state index is 0.216. The molecule has 1 aromatic carbocycles. The van der Waals surface area contributed by atoms with Gasteiger partial charge in [0.1, 0.15) is 5.82 Å². The van der Waals surface area contributed by atoms with Crippen LogP contribution < -0.4 is 5.32 Å². The standard InChI is InChI=1S/C10H14FNO/c1-12-7-10(13-2)8-5-3-4-6-9(8)11/h3-6,10,12H,7H2,1-2H3. The van der Waals surface area contributed by atoms with Crippen molar-refractivity contribution in [3.8, 4) is 0 Å². The van der Waals surface area contributed by atoms with E-state index in [0.717, 1.165) is 0 Å². The zero-order valence-electron chi connectivity index (χ0n) is 7.88. The molecular weight excluding hydrogens is 169 g/mol. The number of ether oxygens (including phenoxy) is 1. The summed E-state index contributed by atoms with van der Waals surface area (Å²) in [5.41, 5.74) is 0.597. The average Bonchev–Trinajstić information content (AvgIpc) is 2.16. The molecule has 0 saturated heterocycles. The summed E-state index contributed by atoms with van der Waals surface area (Å²) in [4.78, 5) is 0. The molecule has 72 valence electrons. The summed E-state index contributed by atoms with van der Waals surface area (Å²) in [5, 5.41) is 2.95. The van der Waals surface area contributed by atoms with Gasteiger partial charge in [-0.25, -0.2) is 4.39 Å². The molecule has 0 heterocycles. The highest BCUT2D eigenvalue weighted by Gasteiger charge is 2.12. The van der Waals surface area contributed by atoms with Crippen LogP contribution in [-0.2, 0) is 4.74 Å². The van der Waals surface area contributed by atoms with Gasteiger partial charge in [-0.2, -0.15) is 0 Å². The number of methoxy groups -OCH3 is 1. The Labute approximate surface area is 77.7 Å². The summed E-state index contributed by atoms with van der Waals surface area (Å²) in [6, 6.07) is 6.66. The number of benzene rings is 1. The number of halogens is 1. The van der Waals surface area contributed by atoms with Crippen molar-refractivity contribution >= 4 is 0 Å². The summed E-state index contributed by atoms with van der Waals surface area (Å²) in [6.07, 6.45) is -0.216. The van der Waals surface area contributed by atoms with Crippen LogP contribution in [0.25, 0.3) is 0 Å². The molecule has 0 spiro atoms. The van der Waals surface area contributed by atoms with E-state index in [-0.39, 0.29) is 11.9 Å². The molecule has 0 aliphatic rings. The highest BCUT2D eigenvalue weighted by molar-refractivity contribution is 5.20. The van der Waals surface area contributed by atoms with Crippen LogP contribution in [-0.4, -0.2) is 20.7 Å². The fourth-order valence-corrected chi connectivity index (χ4v) is 1.24. The Morgan fingerprint density at radius 2 is 2.15 bits per heavy atom. The minimum atomic E-state index is -0.218. The molecule has 0 fully saturated rings. The fourth-order valence-electron chi connectivity index (χ4n) is 1.24. The van der Waals surface area contributed by atoms with Gasteiger partial charge >= 0.3 is 0 Å². The van der Waals surface area contributed by atoms with Gasteiger partial charge in [0.15, 0.2) is 0 Å². The zero-order valence-corrected chi connectivity index (χ0v) is 7.88. The maximum absolute atomic E-state index is 13.2. The zero-order chi connectivity index (χ0) is 9.68. The SMILES string of the molecule is CNCC(OC)c1ccccc1F. The van der Waals surface area contributed by atoms with Gasteiger partial charge in [0.25, 0.3) is 0 Å². The van der Waals surface area contributed by atoms with Gasteiger partial charge in [-0.15, -0.1) is 0 Å². The lowest BCUT2D eigenvalue weighted by molar-refractivity contribution is 0.101. The van der Waals surface area contributed by atoms with E-state index in [2.05, 4.69) is 5.32 Å². The van der Waals surface area contributed by atoms with Gasteiger partial charge in [-0.1, -0.05) is 18.2 Å². The molecule has 1 N–H and O–H groups in total. The predicted molar refractivity (Wildman–Crippen MR) is 50.1 cm³/mol. The summed E-state index contributed by atoms with van der Waals surface area (Å²) in [5.74, 6) is -0.218. The molecule has 0 saturated carbocycles. The normalized spacial score (nSPS) is 12.8. The molecule has 13 heavy (non-hydrogen) atoms. The highest BCUT2D eigenvalue weighted by Crippen LogP contribution is 2.18. The van der Waals surface area contributed by atoms with Crippen LogP contribution >= 0.6 is 0 Å². The molecule has 0 aliphatic heterocycles. The Bertz CT molecular complexity index is 265. The molecule has 1 unspecified atom stereocenters. The van der Waals surface area contributed by atoms with Gasteiger partial charge in [0.05, 0.1) is 6.10 Å². The largest absolute Gasteiger partial charge is 0.375 e. The third kappa shape index (κ3) is 2.50. The summed E-state index contributed by atoms with van der Waals surface area (Å²) >= 11 is 0. The van der Waals surface area contributed by atoms with E-state index in [1.54, 1.807) is 25.3 Å². The van der Waals surface area contributed by atoms with Crippen LogP contribution in [0.5, 0.6) is 0 Å². The van der Waals surface area contributed by atoms with Crippen LogP contribution in [0, 0.1) is 5.82 Å². The maximum atomic E-state index is 13.2. The second-order valence-corrected chi connectivity index (χ2v) is 2.80. The Balaban J connectivity index is 2.84. The molecule has 3 heteroatoms. The molecule has 0 bridgehead atoms. The molecule has 0 aliphatic carbocycles. The van der Waals surface area contributed by atoms with Crippen molar-refractivity contribution in [2.45, 2.75) is 6.10 Å². The Morgan fingerprint density at radius 3 is 2.69 bits per heavy atom. The maximum Gasteiger partial charge on any atom is 0.129 e. The van der Waals surface area contributed by atoms with E-state index in [1.165, 1.54) is 6.07 Å². The van der Waals surface area contributed by atoms with Crippen molar-refractivity contribution in [3.63, 3.8) is 0 Å². The Kier molecular flexibility index (Phi) is 3.86. The minimum Gasteiger partial charge on any atom is -0.375 e. The number of nitrogens with one attached hydrogen (secondary N) is 1. The molecule has 1 rings (SSSR count). The number of hydrogen-bond donors (Lipinski definition) is 1. The van der Waals surface area contributed by atoms with Crippen LogP contribution in [0.3, 0.4) is 0 Å². The van der Waals surface area contributed by atoms with Crippen molar-refractivity contribution in [3.05, 3.63) is 35.6 Å². The average molecular weight is 183 g/mol. The van der Waals surface area contributed by atoms with Crippen molar-refractivity contribution in [2.24, 2.45) is 0 Å². The smallest absolute Gasteiger partial charge is 0.129 e. The number of rotatable bonds is 4.